The van der Waals surface area contributed by atoms with Crippen molar-refractivity contribution in [1.82, 2.24) is 9.55 Å². The molecule has 0 N–H and O–H groups in total. The number of unbranched alkanes of at least 4 members (excludes halogenated alkanes) is 2. The largest absolute Gasteiger partial charge is 0.466 e. The summed E-state index contributed by atoms with van der Waals surface area (Å²) in [6, 6.07) is 0. The lowest BCUT2D eigenvalue weighted by atomic mass is 10.1. The van der Waals surface area contributed by atoms with Gasteiger partial charge >= 0.3 is 5.97 Å². The summed E-state index contributed by atoms with van der Waals surface area (Å²) in [5, 5.41) is 0. The predicted octanol–water partition coefficient (Wildman–Crippen LogP) is 3.03. The number of hydrogen-bond donors (Lipinski definition) is 0. The zero-order valence-corrected chi connectivity index (χ0v) is 11.5. The van der Waals surface area contributed by atoms with Crippen LogP contribution in [0.5, 0.6) is 0 Å². The fourth-order valence-electron chi connectivity index (χ4n) is 1.73. The number of rotatable bonds is 9. The van der Waals surface area contributed by atoms with E-state index in [9.17, 15) is 4.79 Å². The maximum atomic E-state index is 11.4. The van der Waals surface area contributed by atoms with Crippen molar-refractivity contribution in [2.75, 3.05) is 6.61 Å². The molecule has 0 amide bonds. The van der Waals surface area contributed by atoms with Crippen LogP contribution in [0.4, 0.5) is 0 Å². The predicted molar refractivity (Wildman–Crippen MR) is 71.1 cm³/mol. The summed E-state index contributed by atoms with van der Waals surface area (Å²) in [4.78, 5) is 15.3. The fourth-order valence-corrected chi connectivity index (χ4v) is 1.73. The van der Waals surface area contributed by atoms with Crippen LogP contribution in [0, 0.1) is 5.92 Å². The number of hydrogen-bond acceptors (Lipinski definition) is 3. The Bertz CT molecular complexity index is 321. The van der Waals surface area contributed by atoms with Gasteiger partial charge in [-0.2, -0.15) is 0 Å². The summed E-state index contributed by atoms with van der Waals surface area (Å²) in [6.07, 6.45) is 10.3. The third kappa shape index (κ3) is 7.09. The Kier molecular flexibility index (Phi) is 7.14. The van der Waals surface area contributed by atoms with Gasteiger partial charge in [0.1, 0.15) is 0 Å². The molecule has 4 nitrogen and oxygen atoms in total. The topological polar surface area (TPSA) is 44.1 Å². The van der Waals surface area contributed by atoms with Gasteiger partial charge in [0.15, 0.2) is 0 Å². The van der Waals surface area contributed by atoms with Crippen LogP contribution in [0.3, 0.4) is 0 Å². The molecule has 1 rings (SSSR count). The van der Waals surface area contributed by atoms with Crippen LogP contribution < -0.4 is 0 Å². The highest BCUT2D eigenvalue weighted by Crippen LogP contribution is 2.08. The normalized spacial score (nSPS) is 10.8. The van der Waals surface area contributed by atoms with Gasteiger partial charge in [-0.05, 0) is 12.3 Å². The number of nitrogens with zero attached hydrogens (tertiary/aromatic N) is 2. The van der Waals surface area contributed by atoms with E-state index in [0.717, 1.165) is 18.8 Å². The second-order valence-electron chi connectivity index (χ2n) is 5.01. The van der Waals surface area contributed by atoms with Crippen LogP contribution in [-0.2, 0) is 16.1 Å². The van der Waals surface area contributed by atoms with E-state index in [-0.39, 0.29) is 5.97 Å². The Hall–Kier alpha value is -1.32. The Morgan fingerprint density at radius 3 is 2.83 bits per heavy atom. The second kappa shape index (κ2) is 8.72. The van der Waals surface area contributed by atoms with E-state index in [1.807, 2.05) is 10.8 Å². The molecule has 0 aliphatic rings. The molecule has 0 spiro atoms. The van der Waals surface area contributed by atoms with E-state index < -0.39 is 0 Å². The van der Waals surface area contributed by atoms with Crippen molar-refractivity contribution in [3.8, 4) is 0 Å². The number of aryl methyl sites for hydroxylation is 1. The molecule has 0 atom stereocenters. The van der Waals surface area contributed by atoms with Gasteiger partial charge in [-0.25, -0.2) is 4.98 Å². The number of carbonyl (C=O) groups is 1. The van der Waals surface area contributed by atoms with Crippen molar-refractivity contribution >= 4 is 5.97 Å². The number of esters is 1. The lowest BCUT2D eigenvalue weighted by Gasteiger charge is -2.06. The van der Waals surface area contributed by atoms with Crippen molar-refractivity contribution in [2.45, 2.75) is 52.5 Å². The van der Waals surface area contributed by atoms with Gasteiger partial charge in [-0.3, -0.25) is 4.79 Å². The molecule has 0 bridgehead atoms. The standard InChI is InChI=1S/C14H24N2O2/c1-13(2)6-4-3-5-11-18-14(17)7-9-16-10-8-15-12-16/h8,10,12-13H,3-7,9,11H2,1-2H3. The van der Waals surface area contributed by atoms with Gasteiger partial charge in [-0.15, -0.1) is 0 Å². The van der Waals surface area contributed by atoms with Crippen LogP contribution in [0.25, 0.3) is 0 Å². The fraction of sp³-hybridized carbons (Fsp3) is 0.714. The van der Waals surface area contributed by atoms with Gasteiger partial charge in [0.05, 0.1) is 19.4 Å². The average molecular weight is 252 g/mol. The second-order valence-corrected chi connectivity index (χ2v) is 5.01. The molecule has 0 saturated carbocycles. The summed E-state index contributed by atoms with van der Waals surface area (Å²) < 4.78 is 7.05. The number of ether oxygens (including phenoxy) is 1. The molecular formula is C14H24N2O2. The van der Waals surface area contributed by atoms with Crippen LogP contribution in [0.15, 0.2) is 18.7 Å². The first-order chi connectivity index (χ1) is 8.68. The molecule has 0 aliphatic carbocycles. The highest BCUT2D eigenvalue weighted by atomic mass is 16.5. The minimum Gasteiger partial charge on any atom is -0.466 e. The van der Waals surface area contributed by atoms with Gasteiger partial charge in [0, 0.05) is 18.9 Å². The number of carbonyl (C=O) groups excluding carboxylic acids is 1. The van der Waals surface area contributed by atoms with E-state index in [4.69, 9.17) is 4.74 Å². The molecule has 1 aromatic heterocycles. The lowest BCUT2D eigenvalue weighted by Crippen LogP contribution is -2.09. The van der Waals surface area contributed by atoms with E-state index in [1.54, 1.807) is 12.5 Å². The van der Waals surface area contributed by atoms with E-state index in [2.05, 4.69) is 18.8 Å². The lowest BCUT2D eigenvalue weighted by molar-refractivity contribution is -0.144. The van der Waals surface area contributed by atoms with Crippen molar-refractivity contribution in [3.63, 3.8) is 0 Å². The van der Waals surface area contributed by atoms with Crippen molar-refractivity contribution in [3.05, 3.63) is 18.7 Å². The first-order valence-electron chi connectivity index (χ1n) is 6.80. The molecule has 0 aliphatic heterocycles. The monoisotopic (exact) mass is 252 g/mol. The Balaban J connectivity index is 1.94. The number of imidazole rings is 1. The molecule has 0 unspecified atom stereocenters. The molecule has 102 valence electrons. The average Bonchev–Trinajstić information content (AvgIpc) is 2.83. The summed E-state index contributed by atoms with van der Waals surface area (Å²) in [7, 11) is 0. The van der Waals surface area contributed by atoms with Gasteiger partial charge in [0.25, 0.3) is 0 Å². The molecule has 1 heterocycles. The first kappa shape index (κ1) is 14.7. The molecule has 18 heavy (non-hydrogen) atoms. The highest BCUT2D eigenvalue weighted by molar-refractivity contribution is 5.69. The van der Waals surface area contributed by atoms with Gasteiger partial charge < -0.3 is 9.30 Å². The van der Waals surface area contributed by atoms with Crippen LogP contribution in [0.1, 0.15) is 46.0 Å². The Labute approximate surface area is 109 Å². The number of aromatic nitrogens is 2. The minimum absolute atomic E-state index is 0.118. The maximum absolute atomic E-state index is 11.4. The molecule has 0 fully saturated rings. The van der Waals surface area contributed by atoms with E-state index >= 15 is 0 Å². The third-order valence-electron chi connectivity index (χ3n) is 2.82. The van der Waals surface area contributed by atoms with Crippen molar-refractivity contribution in [1.29, 1.82) is 0 Å². The van der Waals surface area contributed by atoms with E-state index in [1.165, 1.54) is 12.8 Å². The van der Waals surface area contributed by atoms with Gasteiger partial charge in [-0.1, -0.05) is 33.1 Å². The molecule has 1 aromatic rings. The summed E-state index contributed by atoms with van der Waals surface area (Å²) in [6.45, 7) is 5.67. The van der Waals surface area contributed by atoms with Crippen LogP contribution in [0.2, 0.25) is 0 Å². The molecule has 4 heteroatoms. The van der Waals surface area contributed by atoms with Crippen LogP contribution in [-0.4, -0.2) is 22.1 Å². The zero-order chi connectivity index (χ0) is 13.2. The Morgan fingerprint density at radius 1 is 1.33 bits per heavy atom. The van der Waals surface area contributed by atoms with Gasteiger partial charge in [0.2, 0.25) is 0 Å². The molecule has 0 radical (unpaired) electrons. The third-order valence-corrected chi connectivity index (χ3v) is 2.82. The minimum atomic E-state index is -0.118. The molecular weight excluding hydrogens is 228 g/mol. The summed E-state index contributed by atoms with van der Waals surface area (Å²) >= 11 is 0. The SMILES string of the molecule is CC(C)CCCCCOC(=O)CCn1ccnc1. The van der Waals surface area contributed by atoms with Crippen LogP contribution >= 0.6 is 0 Å². The zero-order valence-electron chi connectivity index (χ0n) is 11.5. The molecule has 0 saturated heterocycles. The summed E-state index contributed by atoms with van der Waals surface area (Å²) in [5.74, 6) is 0.648. The van der Waals surface area contributed by atoms with Crippen molar-refractivity contribution < 1.29 is 9.53 Å². The first-order valence-corrected chi connectivity index (χ1v) is 6.80. The Morgan fingerprint density at radius 2 is 2.17 bits per heavy atom. The summed E-state index contributed by atoms with van der Waals surface area (Å²) in [5.41, 5.74) is 0. The quantitative estimate of drug-likeness (QED) is 0.501. The highest BCUT2D eigenvalue weighted by Gasteiger charge is 2.03. The van der Waals surface area contributed by atoms with E-state index in [0.29, 0.717) is 19.6 Å². The smallest absolute Gasteiger partial charge is 0.307 e. The maximum Gasteiger partial charge on any atom is 0.307 e. The molecule has 0 aromatic carbocycles. The van der Waals surface area contributed by atoms with Crippen molar-refractivity contribution in [2.24, 2.45) is 5.92 Å².